The first-order chi connectivity index (χ1) is 7.83. The van der Waals surface area contributed by atoms with Crippen molar-refractivity contribution in [3.8, 4) is 0 Å². The van der Waals surface area contributed by atoms with Gasteiger partial charge in [0.25, 0.3) is 0 Å². The Morgan fingerprint density at radius 3 is 2.28 bits per heavy atom. The van der Waals surface area contributed by atoms with E-state index in [1.54, 1.807) is 0 Å². The van der Waals surface area contributed by atoms with E-state index in [1.807, 2.05) is 0 Å². The molecule has 1 amide bonds. The molecule has 0 aliphatic heterocycles. The molecule has 1 aliphatic carbocycles. The first kappa shape index (κ1) is 17.5. The molecule has 3 N–H and O–H groups in total. The predicted molar refractivity (Wildman–Crippen MR) is 65.6 cm³/mol. The molecule has 0 spiro atoms. The molecule has 0 saturated heterocycles. The lowest BCUT2D eigenvalue weighted by Crippen LogP contribution is -2.55. The highest BCUT2D eigenvalue weighted by Gasteiger charge is 2.35. The summed E-state index contributed by atoms with van der Waals surface area (Å²) in [5.74, 6) is -0.306. The highest BCUT2D eigenvalue weighted by atomic mass is 35.5. The molecule has 0 unspecified atom stereocenters. The van der Waals surface area contributed by atoms with Crippen LogP contribution in [0.4, 0.5) is 13.2 Å². The van der Waals surface area contributed by atoms with Gasteiger partial charge in [0.2, 0.25) is 5.91 Å². The number of alkyl halides is 3. The van der Waals surface area contributed by atoms with E-state index in [9.17, 15) is 18.0 Å². The number of nitrogens with one attached hydrogen (secondary N) is 1. The summed E-state index contributed by atoms with van der Waals surface area (Å²) in [5.41, 5.74) is 5.07. The van der Waals surface area contributed by atoms with Crippen LogP contribution < -0.4 is 11.1 Å². The number of carbonyl (C=O) groups excluding carboxylic acids is 1. The number of nitrogens with two attached hydrogens (primary N) is 1. The van der Waals surface area contributed by atoms with Crippen LogP contribution in [-0.4, -0.2) is 24.2 Å². The molecular formula is C11H20ClF3N2O. The molecule has 7 heteroatoms. The maximum absolute atomic E-state index is 11.9. The van der Waals surface area contributed by atoms with E-state index in [0.717, 1.165) is 19.3 Å². The van der Waals surface area contributed by atoms with Crippen LogP contribution in [0.25, 0.3) is 0 Å². The molecule has 3 nitrogen and oxygen atoms in total. The Bertz CT molecular complexity index is 266. The third kappa shape index (κ3) is 5.91. The minimum Gasteiger partial charge on any atom is -0.354 e. The lowest BCUT2D eigenvalue weighted by atomic mass is 9.82. The normalized spacial score (nSPS) is 18.9. The maximum atomic E-state index is 11.9. The number of rotatable bonds is 4. The standard InChI is InChI=1S/C11H19F3N2O.ClH/c12-11(13,14)7-4-8-16-9(17)10(15)5-2-1-3-6-10;/h1-8,15H2,(H,16,17);1H. The minimum absolute atomic E-state index is 0. The Hall–Kier alpha value is -0.490. The summed E-state index contributed by atoms with van der Waals surface area (Å²) in [6.45, 7) is 0.0390. The largest absolute Gasteiger partial charge is 0.389 e. The van der Waals surface area contributed by atoms with Crippen molar-refractivity contribution >= 4 is 18.3 Å². The van der Waals surface area contributed by atoms with Crippen LogP contribution in [0.3, 0.4) is 0 Å². The van der Waals surface area contributed by atoms with E-state index in [1.165, 1.54) is 0 Å². The van der Waals surface area contributed by atoms with E-state index >= 15 is 0 Å². The second kappa shape index (κ2) is 7.19. The van der Waals surface area contributed by atoms with Gasteiger partial charge in [-0.15, -0.1) is 12.4 Å². The highest BCUT2D eigenvalue weighted by Crippen LogP contribution is 2.26. The summed E-state index contributed by atoms with van der Waals surface area (Å²) in [5, 5.41) is 2.50. The van der Waals surface area contributed by atoms with E-state index < -0.39 is 18.1 Å². The fourth-order valence-electron chi connectivity index (χ4n) is 2.08. The molecule has 0 bridgehead atoms. The summed E-state index contributed by atoms with van der Waals surface area (Å²) >= 11 is 0. The lowest BCUT2D eigenvalue weighted by molar-refractivity contribution is -0.137. The van der Waals surface area contributed by atoms with Crippen molar-refractivity contribution in [2.75, 3.05) is 6.54 Å². The van der Waals surface area contributed by atoms with E-state index in [2.05, 4.69) is 5.32 Å². The van der Waals surface area contributed by atoms with Crippen LogP contribution >= 0.6 is 12.4 Å². The van der Waals surface area contributed by atoms with E-state index in [0.29, 0.717) is 12.8 Å². The monoisotopic (exact) mass is 288 g/mol. The summed E-state index contributed by atoms with van der Waals surface area (Å²) in [4.78, 5) is 11.7. The van der Waals surface area contributed by atoms with Crippen LogP contribution in [0.1, 0.15) is 44.9 Å². The van der Waals surface area contributed by atoms with Crippen molar-refractivity contribution in [3.63, 3.8) is 0 Å². The van der Waals surface area contributed by atoms with Gasteiger partial charge in [0.1, 0.15) is 0 Å². The molecule has 0 heterocycles. The van der Waals surface area contributed by atoms with Gasteiger partial charge in [-0.2, -0.15) is 13.2 Å². The molecule has 108 valence electrons. The van der Waals surface area contributed by atoms with Crippen molar-refractivity contribution < 1.29 is 18.0 Å². The van der Waals surface area contributed by atoms with E-state index in [4.69, 9.17) is 5.73 Å². The van der Waals surface area contributed by atoms with Crippen molar-refractivity contribution in [3.05, 3.63) is 0 Å². The zero-order valence-electron chi connectivity index (χ0n) is 10.2. The Morgan fingerprint density at radius 1 is 1.22 bits per heavy atom. The van der Waals surface area contributed by atoms with Gasteiger partial charge in [-0.1, -0.05) is 19.3 Å². The van der Waals surface area contributed by atoms with Crippen LogP contribution in [0.15, 0.2) is 0 Å². The zero-order chi connectivity index (χ0) is 12.9. The summed E-state index contributed by atoms with van der Waals surface area (Å²) in [6, 6.07) is 0. The quantitative estimate of drug-likeness (QED) is 0.781. The van der Waals surface area contributed by atoms with Crippen LogP contribution in [0.2, 0.25) is 0 Å². The van der Waals surface area contributed by atoms with Crippen LogP contribution in [0.5, 0.6) is 0 Å². The lowest BCUT2D eigenvalue weighted by Gasteiger charge is -2.31. The van der Waals surface area contributed by atoms with E-state index in [-0.39, 0.29) is 31.3 Å². The fourth-order valence-corrected chi connectivity index (χ4v) is 2.08. The predicted octanol–water partition coefficient (Wildman–Crippen LogP) is 2.53. The van der Waals surface area contributed by atoms with Crippen molar-refractivity contribution in [1.82, 2.24) is 5.32 Å². The van der Waals surface area contributed by atoms with Crippen LogP contribution in [0, 0.1) is 0 Å². The van der Waals surface area contributed by atoms with Crippen molar-refractivity contribution in [2.24, 2.45) is 5.73 Å². The zero-order valence-corrected chi connectivity index (χ0v) is 11.0. The van der Waals surface area contributed by atoms with Gasteiger partial charge >= 0.3 is 6.18 Å². The summed E-state index contributed by atoms with van der Waals surface area (Å²) in [6.07, 6.45) is -0.985. The topological polar surface area (TPSA) is 55.1 Å². The van der Waals surface area contributed by atoms with Gasteiger partial charge in [-0.3, -0.25) is 4.79 Å². The highest BCUT2D eigenvalue weighted by molar-refractivity contribution is 5.86. The van der Waals surface area contributed by atoms with Crippen molar-refractivity contribution in [1.29, 1.82) is 0 Å². The number of amides is 1. The Balaban J connectivity index is 0.00000289. The third-order valence-corrected chi connectivity index (χ3v) is 3.12. The Kier molecular flexibility index (Phi) is 6.99. The minimum atomic E-state index is -4.16. The number of halogens is 4. The second-order valence-electron chi connectivity index (χ2n) is 4.69. The molecule has 1 saturated carbocycles. The molecule has 1 aliphatic rings. The average molecular weight is 289 g/mol. The van der Waals surface area contributed by atoms with Gasteiger partial charge in [-0.05, 0) is 19.3 Å². The van der Waals surface area contributed by atoms with Gasteiger partial charge in [0, 0.05) is 13.0 Å². The Labute approximate surface area is 111 Å². The first-order valence-electron chi connectivity index (χ1n) is 5.97. The molecule has 0 radical (unpaired) electrons. The number of hydrogen-bond acceptors (Lipinski definition) is 2. The second-order valence-corrected chi connectivity index (χ2v) is 4.69. The molecule has 1 fully saturated rings. The number of hydrogen-bond donors (Lipinski definition) is 2. The fraction of sp³-hybridized carbons (Fsp3) is 0.909. The summed E-state index contributed by atoms with van der Waals surface area (Å²) in [7, 11) is 0. The maximum Gasteiger partial charge on any atom is 0.389 e. The molecule has 18 heavy (non-hydrogen) atoms. The van der Waals surface area contributed by atoms with Gasteiger partial charge in [-0.25, -0.2) is 0 Å². The molecule has 0 aromatic carbocycles. The molecule has 0 aromatic rings. The third-order valence-electron chi connectivity index (χ3n) is 3.12. The molecular weight excluding hydrogens is 269 g/mol. The van der Waals surface area contributed by atoms with Gasteiger partial charge < -0.3 is 11.1 Å². The Morgan fingerprint density at radius 2 is 1.78 bits per heavy atom. The van der Waals surface area contributed by atoms with Gasteiger partial charge in [0.05, 0.1) is 5.54 Å². The molecule has 0 aromatic heterocycles. The van der Waals surface area contributed by atoms with Gasteiger partial charge in [0.15, 0.2) is 0 Å². The smallest absolute Gasteiger partial charge is 0.354 e. The summed E-state index contributed by atoms with van der Waals surface area (Å²) < 4.78 is 35.6. The SMILES string of the molecule is Cl.NC1(C(=O)NCCCC(F)(F)F)CCCCC1. The molecule has 1 rings (SSSR count). The van der Waals surface area contributed by atoms with Crippen LogP contribution in [-0.2, 0) is 4.79 Å². The first-order valence-corrected chi connectivity index (χ1v) is 5.97. The average Bonchev–Trinajstić information content (AvgIpc) is 2.24. The molecule has 0 atom stereocenters. The number of carbonyl (C=O) groups is 1. The van der Waals surface area contributed by atoms with Crippen molar-refractivity contribution in [2.45, 2.75) is 56.7 Å².